The van der Waals surface area contributed by atoms with Crippen molar-refractivity contribution in [3.05, 3.63) is 113 Å². The minimum absolute atomic E-state index is 0.210. The van der Waals surface area contributed by atoms with E-state index in [9.17, 15) is 9.59 Å². The summed E-state index contributed by atoms with van der Waals surface area (Å²) in [7, 11) is 1.68. The Hall–Kier alpha value is -4.69. The van der Waals surface area contributed by atoms with Gasteiger partial charge in [0, 0.05) is 54.8 Å². The first-order valence-electron chi connectivity index (χ1n) is 13.4. The van der Waals surface area contributed by atoms with Crippen molar-refractivity contribution in [2.24, 2.45) is 0 Å². The number of hydrogen-bond donors (Lipinski definition) is 3. The maximum atomic E-state index is 13.5. The molecule has 0 atom stereocenters. The number of para-hydroxylation sites is 2. The number of methoxy groups -OCH3 is 1. The van der Waals surface area contributed by atoms with Crippen molar-refractivity contribution in [1.29, 1.82) is 0 Å². The lowest BCUT2D eigenvalue weighted by atomic mass is 10.1. The molecule has 4 aromatic rings. The first kappa shape index (κ1) is 27.9. The van der Waals surface area contributed by atoms with Gasteiger partial charge >= 0.3 is 6.03 Å². The number of urea groups is 1. The lowest BCUT2D eigenvalue weighted by Crippen LogP contribution is -2.47. The number of rotatable bonds is 8. The molecule has 1 aliphatic rings. The predicted molar refractivity (Wildman–Crippen MR) is 166 cm³/mol. The van der Waals surface area contributed by atoms with Gasteiger partial charge in [0.05, 0.1) is 18.4 Å². The van der Waals surface area contributed by atoms with Crippen LogP contribution in [0.5, 0.6) is 5.75 Å². The third-order valence-electron chi connectivity index (χ3n) is 6.94. The van der Waals surface area contributed by atoms with Crippen molar-refractivity contribution in [2.45, 2.75) is 6.54 Å². The van der Waals surface area contributed by atoms with Crippen LogP contribution in [0.4, 0.5) is 27.5 Å². The molecule has 3 N–H and O–H groups in total. The zero-order chi connectivity index (χ0) is 28.6. The monoisotopic (exact) mass is 569 g/mol. The van der Waals surface area contributed by atoms with E-state index >= 15 is 0 Å². The number of amides is 3. The molecule has 5 rings (SSSR count). The van der Waals surface area contributed by atoms with Crippen LogP contribution in [0.25, 0.3) is 0 Å². The first-order chi connectivity index (χ1) is 20.0. The Morgan fingerprint density at radius 3 is 2.07 bits per heavy atom. The number of piperazine rings is 1. The number of ether oxygens (including phenoxy) is 1. The van der Waals surface area contributed by atoms with E-state index in [0.717, 1.165) is 48.9 Å². The van der Waals surface area contributed by atoms with Crippen LogP contribution in [-0.4, -0.2) is 45.2 Å². The Bertz CT molecular complexity index is 1490. The molecule has 0 unspecified atom stereocenters. The smallest absolute Gasteiger partial charge is 0.323 e. The van der Waals surface area contributed by atoms with E-state index in [1.165, 1.54) is 0 Å². The lowest BCUT2D eigenvalue weighted by Gasteiger charge is -2.38. The molecule has 210 valence electrons. The summed E-state index contributed by atoms with van der Waals surface area (Å²) >= 11 is 5.94. The molecule has 1 fully saturated rings. The second-order valence-corrected chi connectivity index (χ2v) is 10.1. The molecule has 3 amide bonds. The quantitative estimate of drug-likeness (QED) is 0.233. The topological polar surface area (TPSA) is 85.9 Å². The predicted octanol–water partition coefficient (Wildman–Crippen LogP) is 6.25. The minimum Gasteiger partial charge on any atom is -0.495 e. The Labute approximate surface area is 244 Å². The van der Waals surface area contributed by atoms with E-state index in [2.05, 4.69) is 31.8 Å². The molecule has 0 spiro atoms. The summed E-state index contributed by atoms with van der Waals surface area (Å²) in [4.78, 5) is 30.7. The summed E-state index contributed by atoms with van der Waals surface area (Å²) in [6.45, 7) is 3.39. The van der Waals surface area contributed by atoms with Crippen molar-refractivity contribution >= 4 is 46.3 Å². The van der Waals surface area contributed by atoms with Gasteiger partial charge in [-0.2, -0.15) is 0 Å². The summed E-state index contributed by atoms with van der Waals surface area (Å²) < 4.78 is 5.56. The number of benzene rings is 4. The molecule has 1 aliphatic heterocycles. The van der Waals surface area contributed by atoms with Gasteiger partial charge in [-0.3, -0.25) is 4.79 Å². The van der Waals surface area contributed by atoms with Gasteiger partial charge in [0.2, 0.25) is 0 Å². The molecule has 0 aliphatic carbocycles. The minimum atomic E-state index is -0.416. The Balaban J connectivity index is 1.33. The van der Waals surface area contributed by atoms with E-state index in [1.807, 2.05) is 60.7 Å². The Morgan fingerprint density at radius 1 is 0.756 bits per heavy atom. The fourth-order valence-corrected chi connectivity index (χ4v) is 4.98. The number of anilines is 4. The fraction of sp³-hybridized carbons (Fsp3) is 0.188. The van der Waals surface area contributed by atoms with Gasteiger partial charge in [-0.15, -0.1) is 0 Å². The van der Waals surface area contributed by atoms with E-state index in [4.69, 9.17) is 16.3 Å². The second kappa shape index (κ2) is 13.1. The number of carbonyl (C=O) groups excluding carboxylic acids is 2. The molecule has 0 saturated carbocycles. The molecule has 41 heavy (non-hydrogen) atoms. The molecule has 0 radical (unpaired) electrons. The summed E-state index contributed by atoms with van der Waals surface area (Å²) in [5.41, 5.74) is 4.50. The molecule has 1 saturated heterocycles. The maximum absolute atomic E-state index is 13.5. The number of nitrogens with one attached hydrogen (secondary N) is 3. The van der Waals surface area contributed by atoms with Gasteiger partial charge in [0.25, 0.3) is 5.91 Å². The molecule has 9 heteroatoms. The highest BCUT2D eigenvalue weighted by Gasteiger charge is 2.24. The zero-order valence-electron chi connectivity index (χ0n) is 22.8. The molecular weight excluding hydrogens is 538 g/mol. The van der Waals surface area contributed by atoms with Gasteiger partial charge in [0.15, 0.2) is 0 Å². The molecule has 0 bridgehead atoms. The lowest BCUT2D eigenvalue weighted by molar-refractivity contribution is 0.0951. The third kappa shape index (κ3) is 7.10. The van der Waals surface area contributed by atoms with Gasteiger partial charge in [-0.1, -0.05) is 54.1 Å². The van der Waals surface area contributed by atoms with Crippen LogP contribution in [0.1, 0.15) is 15.9 Å². The third-order valence-corrected chi connectivity index (χ3v) is 7.20. The van der Waals surface area contributed by atoms with Crippen molar-refractivity contribution in [1.82, 2.24) is 5.32 Å². The summed E-state index contributed by atoms with van der Waals surface area (Å²) in [5.74, 6) is 0.631. The Morgan fingerprint density at radius 2 is 1.37 bits per heavy atom. The number of halogens is 1. The SMILES string of the molecule is COc1ccccc1N1CCN(c2ccc(NC(=O)Nc3ccc(Cl)cc3)cc2C(=O)NCc2ccccc2)CC1. The summed E-state index contributed by atoms with van der Waals surface area (Å²) in [6, 6.07) is 29.6. The molecule has 8 nitrogen and oxygen atoms in total. The number of carbonyl (C=O) groups is 2. The second-order valence-electron chi connectivity index (χ2n) is 9.63. The Kier molecular flexibility index (Phi) is 8.91. The van der Waals surface area contributed by atoms with Crippen molar-refractivity contribution in [3.8, 4) is 5.75 Å². The standard InChI is InChI=1S/C32H32ClN5O3/c1-41-30-10-6-5-9-29(30)38-19-17-37(18-20-38)28-16-15-26(36-32(40)35-25-13-11-24(33)12-14-25)21-27(28)31(39)34-22-23-7-3-2-4-8-23/h2-16,21H,17-20,22H2,1H3,(H,34,39)(H2,35,36,40). The van der Waals surface area contributed by atoms with Crippen LogP contribution in [-0.2, 0) is 6.54 Å². The van der Waals surface area contributed by atoms with Gasteiger partial charge in [-0.05, 0) is 60.2 Å². The van der Waals surface area contributed by atoms with E-state index in [1.54, 1.807) is 37.4 Å². The van der Waals surface area contributed by atoms with Crippen LogP contribution in [0.15, 0.2) is 97.1 Å². The van der Waals surface area contributed by atoms with Crippen molar-refractivity contribution < 1.29 is 14.3 Å². The van der Waals surface area contributed by atoms with Crippen molar-refractivity contribution in [2.75, 3.05) is 53.7 Å². The molecule has 4 aromatic carbocycles. The highest BCUT2D eigenvalue weighted by Crippen LogP contribution is 2.31. The average Bonchev–Trinajstić information content (AvgIpc) is 3.01. The summed E-state index contributed by atoms with van der Waals surface area (Å²) in [5, 5.41) is 9.25. The average molecular weight is 570 g/mol. The molecule has 0 aromatic heterocycles. The van der Waals surface area contributed by atoms with Crippen LogP contribution in [0.2, 0.25) is 5.02 Å². The molecular formula is C32H32ClN5O3. The fourth-order valence-electron chi connectivity index (χ4n) is 4.85. The maximum Gasteiger partial charge on any atom is 0.323 e. The molecule has 1 heterocycles. The summed E-state index contributed by atoms with van der Waals surface area (Å²) in [6.07, 6.45) is 0. The highest BCUT2D eigenvalue weighted by atomic mass is 35.5. The number of nitrogens with zero attached hydrogens (tertiary/aromatic N) is 2. The van der Waals surface area contributed by atoms with Gasteiger partial charge in [0.1, 0.15) is 5.75 Å². The largest absolute Gasteiger partial charge is 0.495 e. The first-order valence-corrected chi connectivity index (χ1v) is 13.8. The van der Waals surface area contributed by atoms with E-state index in [-0.39, 0.29) is 5.91 Å². The number of hydrogen-bond acceptors (Lipinski definition) is 5. The van der Waals surface area contributed by atoms with Crippen LogP contribution in [0.3, 0.4) is 0 Å². The van der Waals surface area contributed by atoms with E-state index in [0.29, 0.717) is 28.5 Å². The van der Waals surface area contributed by atoms with E-state index < -0.39 is 6.03 Å². The highest BCUT2D eigenvalue weighted by molar-refractivity contribution is 6.30. The van der Waals surface area contributed by atoms with Gasteiger partial charge in [-0.25, -0.2) is 4.79 Å². The van der Waals surface area contributed by atoms with Crippen molar-refractivity contribution in [3.63, 3.8) is 0 Å². The van der Waals surface area contributed by atoms with Crippen LogP contribution < -0.4 is 30.5 Å². The van der Waals surface area contributed by atoms with Crippen LogP contribution in [0, 0.1) is 0 Å². The normalized spacial score (nSPS) is 12.9. The van der Waals surface area contributed by atoms with Crippen LogP contribution >= 0.6 is 11.6 Å². The van der Waals surface area contributed by atoms with Gasteiger partial charge < -0.3 is 30.5 Å². The zero-order valence-corrected chi connectivity index (χ0v) is 23.5.